The third kappa shape index (κ3) is 16.5. The lowest BCUT2D eigenvalue weighted by Crippen LogP contribution is -2.62. The average Bonchev–Trinajstić information content (AvgIpc) is 3.08. The molecule has 0 radical (unpaired) electrons. The van der Waals surface area contributed by atoms with Crippen molar-refractivity contribution >= 4 is 53.3 Å². The van der Waals surface area contributed by atoms with E-state index in [1.165, 1.54) is 0 Å². The highest BCUT2D eigenvalue weighted by atomic mass is 16.4. The zero-order valence-electron chi connectivity index (χ0n) is 28.8. The number of carboxylic acid groups (broad SMARTS) is 2. The third-order valence-electron chi connectivity index (χ3n) is 7.33. The maximum absolute atomic E-state index is 13.6. The fourth-order valence-electron chi connectivity index (χ4n) is 4.44. The lowest BCUT2D eigenvalue weighted by Gasteiger charge is -2.28. The summed E-state index contributed by atoms with van der Waals surface area (Å²) in [6.07, 6.45) is -4.76. The van der Waals surface area contributed by atoms with Gasteiger partial charge in [-0.3, -0.25) is 38.4 Å². The van der Waals surface area contributed by atoms with E-state index in [1.807, 2.05) is 10.6 Å². The summed E-state index contributed by atoms with van der Waals surface area (Å²) in [5, 5.41) is 61.3. The SMILES string of the molecule is C[C@@H](O)[C@H](NC(=O)CNC(=O)[C@@H](N)CCC(N)=O)C(=O)N[C@@H](Cc1ccccc1)C(=O)N[C@H](C(=O)N[C@@H](CO)C(=O)N[C@@H](CC(=O)O)C(=O)O)[C@@H](C)O. The van der Waals surface area contributed by atoms with Crippen molar-refractivity contribution in [2.45, 2.75) is 88.0 Å². The molecule has 0 saturated carbocycles. The molecule has 0 spiro atoms. The van der Waals surface area contributed by atoms with E-state index in [-0.39, 0.29) is 19.3 Å². The third-order valence-corrected chi connectivity index (χ3v) is 7.33. The molecular formula is C31H46N8O14. The second kappa shape index (κ2) is 22.3. The number of nitrogens with two attached hydrogens (primary N) is 2. The standard InChI is InChI=1S/C31H46N8O14/c1-14(41)24(38-22(44)12-34-26(47)17(32)8-9-21(33)43)29(50)35-18(10-16-6-4-3-5-7-16)27(48)39-25(15(2)42)30(51)37-20(13-40)28(49)36-19(31(52)53)11-23(45)46/h3-7,14-15,17-20,24-25,40-42H,8-13,32H2,1-2H3,(H2,33,43)(H,34,47)(H,35,50)(H,36,49)(H,37,51)(H,38,44)(H,39,48)(H,45,46)(H,52,53)/t14-,15-,17+,18+,19+,20+,24+,25+/m1/s1. The number of primary amides is 1. The van der Waals surface area contributed by atoms with Crippen LogP contribution in [0.25, 0.3) is 0 Å². The predicted octanol–water partition coefficient (Wildman–Crippen LogP) is -6.32. The Hall–Kier alpha value is -5.71. The summed E-state index contributed by atoms with van der Waals surface area (Å²) in [7, 11) is 0. The van der Waals surface area contributed by atoms with Crippen LogP contribution < -0.4 is 43.4 Å². The van der Waals surface area contributed by atoms with Crippen molar-refractivity contribution in [1.29, 1.82) is 0 Å². The number of nitrogens with one attached hydrogen (secondary N) is 6. The first-order valence-corrected chi connectivity index (χ1v) is 16.0. The van der Waals surface area contributed by atoms with Crippen molar-refractivity contribution in [1.82, 2.24) is 31.9 Å². The molecule has 0 aromatic heterocycles. The van der Waals surface area contributed by atoms with Gasteiger partial charge in [-0.1, -0.05) is 30.3 Å². The number of hydrogen-bond donors (Lipinski definition) is 13. The molecule has 294 valence electrons. The molecule has 53 heavy (non-hydrogen) atoms. The summed E-state index contributed by atoms with van der Waals surface area (Å²) in [6, 6.07) is -1.93. The predicted molar refractivity (Wildman–Crippen MR) is 180 cm³/mol. The number of benzene rings is 1. The highest BCUT2D eigenvalue weighted by molar-refractivity contribution is 5.97. The van der Waals surface area contributed by atoms with Gasteiger partial charge >= 0.3 is 11.9 Å². The number of carboxylic acids is 2. The van der Waals surface area contributed by atoms with Crippen LogP contribution in [0, 0.1) is 0 Å². The molecule has 0 heterocycles. The van der Waals surface area contributed by atoms with Crippen molar-refractivity contribution in [2.24, 2.45) is 11.5 Å². The van der Waals surface area contributed by atoms with E-state index in [2.05, 4.69) is 21.3 Å². The van der Waals surface area contributed by atoms with Gasteiger partial charge in [0.15, 0.2) is 0 Å². The van der Waals surface area contributed by atoms with Crippen molar-refractivity contribution < 1.29 is 68.7 Å². The maximum atomic E-state index is 13.6. The van der Waals surface area contributed by atoms with Crippen LogP contribution in [0.15, 0.2) is 30.3 Å². The first-order valence-electron chi connectivity index (χ1n) is 16.0. The smallest absolute Gasteiger partial charge is 0.326 e. The largest absolute Gasteiger partial charge is 0.481 e. The van der Waals surface area contributed by atoms with E-state index in [0.29, 0.717) is 5.56 Å². The Bertz CT molecular complexity index is 1480. The fraction of sp³-hybridized carbons (Fsp3) is 0.516. The number of aliphatic hydroxyl groups is 3. The second-order valence-corrected chi connectivity index (χ2v) is 11.8. The molecule has 22 heteroatoms. The van der Waals surface area contributed by atoms with Crippen molar-refractivity contribution in [2.75, 3.05) is 13.2 Å². The van der Waals surface area contributed by atoms with Gasteiger partial charge in [0.1, 0.15) is 30.2 Å². The molecular weight excluding hydrogens is 708 g/mol. The number of rotatable bonds is 23. The van der Waals surface area contributed by atoms with Crippen molar-refractivity contribution in [3.8, 4) is 0 Å². The Morgan fingerprint density at radius 3 is 1.70 bits per heavy atom. The molecule has 0 fully saturated rings. The lowest BCUT2D eigenvalue weighted by molar-refractivity contribution is -0.147. The van der Waals surface area contributed by atoms with E-state index in [1.54, 1.807) is 30.3 Å². The van der Waals surface area contributed by atoms with Gasteiger partial charge in [-0.25, -0.2) is 4.79 Å². The summed E-state index contributed by atoms with van der Waals surface area (Å²) >= 11 is 0. The Morgan fingerprint density at radius 2 is 1.21 bits per heavy atom. The molecule has 0 saturated heterocycles. The molecule has 0 bridgehead atoms. The van der Waals surface area contributed by atoms with Crippen LogP contribution in [0.4, 0.5) is 0 Å². The van der Waals surface area contributed by atoms with Gasteiger partial charge in [0.2, 0.25) is 41.4 Å². The number of aliphatic carboxylic acids is 2. The highest BCUT2D eigenvalue weighted by Crippen LogP contribution is 2.07. The Morgan fingerprint density at radius 1 is 0.698 bits per heavy atom. The first-order chi connectivity index (χ1) is 24.8. The minimum Gasteiger partial charge on any atom is -0.481 e. The first kappa shape index (κ1) is 45.3. The fourth-order valence-corrected chi connectivity index (χ4v) is 4.44. The van der Waals surface area contributed by atoms with Crippen LogP contribution in [0.3, 0.4) is 0 Å². The van der Waals surface area contributed by atoms with Gasteiger partial charge in [0.25, 0.3) is 0 Å². The van der Waals surface area contributed by atoms with E-state index in [4.69, 9.17) is 16.6 Å². The summed E-state index contributed by atoms with van der Waals surface area (Å²) in [6.45, 7) is 0.431. The molecule has 8 atom stereocenters. The molecule has 0 aliphatic heterocycles. The number of carbonyl (C=O) groups is 9. The van der Waals surface area contributed by atoms with E-state index in [9.17, 15) is 63.6 Å². The van der Waals surface area contributed by atoms with Crippen molar-refractivity contribution in [3.63, 3.8) is 0 Å². The van der Waals surface area contributed by atoms with Crippen molar-refractivity contribution in [3.05, 3.63) is 35.9 Å². The van der Waals surface area contributed by atoms with Crippen LogP contribution in [0.5, 0.6) is 0 Å². The number of aliphatic hydroxyl groups excluding tert-OH is 3. The van der Waals surface area contributed by atoms with Gasteiger partial charge in [0, 0.05) is 12.8 Å². The maximum Gasteiger partial charge on any atom is 0.326 e. The van der Waals surface area contributed by atoms with Crippen LogP contribution in [-0.2, 0) is 49.6 Å². The van der Waals surface area contributed by atoms with Crippen LogP contribution in [0.2, 0.25) is 0 Å². The minimum absolute atomic E-state index is 0.0942. The Kier molecular flexibility index (Phi) is 19.0. The Labute approximate surface area is 302 Å². The quantitative estimate of drug-likeness (QED) is 0.0494. The van der Waals surface area contributed by atoms with Gasteiger partial charge in [-0.15, -0.1) is 0 Å². The van der Waals surface area contributed by atoms with Gasteiger partial charge in [-0.05, 0) is 25.8 Å². The average molecular weight is 755 g/mol. The molecule has 22 nitrogen and oxygen atoms in total. The number of amides is 7. The van der Waals surface area contributed by atoms with E-state index in [0.717, 1.165) is 13.8 Å². The number of carbonyl (C=O) groups excluding carboxylic acids is 7. The molecule has 7 amide bonds. The molecule has 1 aromatic carbocycles. The van der Waals surface area contributed by atoms with Crippen LogP contribution in [0.1, 0.15) is 38.7 Å². The minimum atomic E-state index is -1.92. The topological polar surface area (TPSA) is 379 Å². The zero-order valence-corrected chi connectivity index (χ0v) is 28.8. The summed E-state index contributed by atoms with van der Waals surface area (Å²) in [5.74, 6) is -10.4. The monoisotopic (exact) mass is 754 g/mol. The number of hydrogen-bond acceptors (Lipinski definition) is 13. The second-order valence-electron chi connectivity index (χ2n) is 11.8. The summed E-state index contributed by atoms with van der Waals surface area (Å²) in [4.78, 5) is 111. The summed E-state index contributed by atoms with van der Waals surface area (Å²) < 4.78 is 0. The van der Waals surface area contributed by atoms with Gasteiger partial charge in [0.05, 0.1) is 37.8 Å². The van der Waals surface area contributed by atoms with Crippen LogP contribution >= 0.6 is 0 Å². The molecule has 0 aliphatic carbocycles. The molecule has 0 unspecified atom stereocenters. The van der Waals surface area contributed by atoms with E-state index >= 15 is 0 Å². The highest BCUT2D eigenvalue weighted by Gasteiger charge is 2.35. The molecule has 1 aromatic rings. The van der Waals surface area contributed by atoms with Gasteiger partial charge in [-0.2, -0.15) is 0 Å². The zero-order chi connectivity index (χ0) is 40.4. The lowest BCUT2D eigenvalue weighted by atomic mass is 10.0. The normalized spacial score (nSPS) is 15.4. The molecule has 0 aliphatic rings. The van der Waals surface area contributed by atoms with E-state index < -0.39 is 121 Å². The summed E-state index contributed by atoms with van der Waals surface area (Å²) in [5.41, 5.74) is 11.2. The van der Waals surface area contributed by atoms with Gasteiger partial charge < -0.3 is 68.9 Å². The van der Waals surface area contributed by atoms with Crippen LogP contribution in [-0.4, -0.2) is 140 Å². The molecule has 1 rings (SSSR count). The molecule has 15 N–H and O–H groups in total. The Balaban J connectivity index is 3.15.